The van der Waals surface area contributed by atoms with Crippen LogP contribution >= 0.6 is 0 Å². The molecular formula is C12H20F3NO3. The highest BCUT2D eigenvalue weighted by molar-refractivity contribution is 5.69. The summed E-state index contributed by atoms with van der Waals surface area (Å²) in [6.45, 7) is 2.34. The van der Waals surface area contributed by atoms with E-state index in [0.717, 1.165) is 4.90 Å². The maximum absolute atomic E-state index is 12.5. The molecule has 2 atom stereocenters. The molecule has 0 saturated carbocycles. The molecule has 1 aliphatic rings. The summed E-state index contributed by atoms with van der Waals surface area (Å²) >= 11 is 0. The summed E-state index contributed by atoms with van der Waals surface area (Å²) in [4.78, 5) is 11.7. The molecule has 0 amide bonds. The molecule has 0 spiro atoms. The van der Waals surface area contributed by atoms with Crippen LogP contribution in [-0.4, -0.2) is 53.5 Å². The van der Waals surface area contributed by atoms with Crippen molar-refractivity contribution in [1.82, 2.24) is 4.90 Å². The number of aliphatic carboxylic acids is 1. The fraction of sp³-hybridized carbons (Fsp3) is 0.917. The standard InChI is InChI=1S/C12H20F3NO3/c1-3-11(2)6-9(4-5-19-11)16(7-10(17)18)8-12(13,14)15/h9H,3-8H2,1-2H3,(H,17,18). The van der Waals surface area contributed by atoms with E-state index in [9.17, 15) is 18.0 Å². The van der Waals surface area contributed by atoms with E-state index in [1.165, 1.54) is 0 Å². The van der Waals surface area contributed by atoms with E-state index in [-0.39, 0.29) is 0 Å². The van der Waals surface area contributed by atoms with Gasteiger partial charge in [0.25, 0.3) is 0 Å². The molecule has 1 rings (SSSR count). The van der Waals surface area contributed by atoms with Crippen LogP contribution in [0, 0.1) is 0 Å². The van der Waals surface area contributed by atoms with Gasteiger partial charge < -0.3 is 9.84 Å². The Morgan fingerprint density at radius 3 is 2.63 bits per heavy atom. The number of ether oxygens (including phenoxy) is 1. The number of halogens is 3. The molecule has 0 radical (unpaired) electrons. The summed E-state index contributed by atoms with van der Waals surface area (Å²) in [6, 6.07) is -0.406. The second kappa shape index (κ2) is 6.09. The van der Waals surface area contributed by atoms with Crippen LogP contribution in [0.25, 0.3) is 0 Å². The maximum atomic E-state index is 12.5. The number of carboxylic acids is 1. The molecule has 0 aromatic carbocycles. The van der Waals surface area contributed by atoms with Crippen molar-refractivity contribution in [1.29, 1.82) is 0 Å². The molecule has 4 nitrogen and oxygen atoms in total. The highest BCUT2D eigenvalue weighted by Crippen LogP contribution is 2.31. The summed E-state index contributed by atoms with van der Waals surface area (Å²) in [5.74, 6) is -1.24. The van der Waals surface area contributed by atoms with Gasteiger partial charge in [0.15, 0.2) is 0 Å². The van der Waals surface area contributed by atoms with Crippen molar-refractivity contribution in [2.45, 2.75) is 50.9 Å². The smallest absolute Gasteiger partial charge is 0.401 e. The van der Waals surface area contributed by atoms with Crippen molar-refractivity contribution in [3.63, 3.8) is 0 Å². The Labute approximate surface area is 110 Å². The SMILES string of the molecule is CCC1(C)CC(N(CC(=O)O)CC(F)(F)F)CCO1. The Morgan fingerprint density at radius 1 is 1.53 bits per heavy atom. The number of carboxylic acid groups (broad SMARTS) is 1. The van der Waals surface area contributed by atoms with Gasteiger partial charge >= 0.3 is 12.1 Å². The zero-order valence-electron chi connectivity index (χ0n) is 11.2. The van der Waals surface area contributed by atoms with Gasteiger partial charge in [0.2, 0.25) is 0 Å². The number of rotatable bonds is 5. The first kappa shape index (κ1) is 16.2. The summed E-state index contributed by atoms with van der Waals surface area (Å²) in [7, 11) is 0. The van der Waals surface area contributed by atoms with Crippen LogP contribution in [0.1, 0.15) is 33.1 Å². The average Bonchev–Trinajstić information content (AvgIpc) is 2.26. The zero-order valence-corrected chi connectivity index (χ0v) is 11.2. The highest BCUT2D eigenvalue weighted by Gasteiger charge is 2.39. The Morgan fingerprint density at radius 2 is 2.16 bits per heavy atom. The predicted molar refractivity (Wildman–Crippen MR) is 62.9 cm³/mol. The first-order valence-electron chi connectivity index (χ1n) is 6.32. The Balaban J connectivity index is 2.76. The minimum absolute atomic E-state index is 0.364. The van der Waals surface area contributed by atoms with Crippen LogP contribution in [-0.2, 0) is 9.53 Å². The number of hydrogen-bond acceptors (Lipinski definition) is 3. The molecule has 19 heavy (non-hydrogen) atoms. The van der Waals surface area contributed by atoms with Crippen LogP contribution in [0.4, 0.5) is 13.2 Å². The van der Waals surface area contributed by atoms with Crippen molar-refractivity contribution >= 4 is 5.97 Å². The number of hydrogen-bond donors (Lipinski definition) is 1. The average molecular weight is 283 g/mol. The Kier molecular flexibility index (Phi) is 5.20. The van der Waals surface area contributed by atoms with E-state index in [0.29, 0.717) is 25.9 Å². The van der Waals surface area contributed by atoms with Crippen molar-refractivity contribution in [3.05, 3.63) is 0 Å². The van der Waals surface area contributed by atoms with Crippen molar-refractivity contribution < 1.29 is 27.8 Å². The largest absolute Gasteiger partial charge is 0.480 e. The normalized spacial score (nSPS) is 28.6. The van der Waals surface area contributed by atoms with Crippen LogP contribution in [0.5, 0.6) is 0 Å². The highest BCUT2D eigenvalue weighted by atomic mass is 19.4. The molecular weight excluding hydrogens is 263 g/mol. The fourth-order valence-electron chi connectivity index (χ4n) is 2.38. The first-order chi connectivity index (χ1) is 8.65. The van der Waals surface area contributed by atoms with Gasteiger partial charge in [-0.2, -0.15) is 13.2 Å². The summed E-state index contributed by atoms with van der Waals surface area (Å²) in [5, 5.41) is 8.76. The van der Waals surface area contributed by atoms with E-state index in [2.05, 4.69) is 0 Å². The number of alkyl halides is 3. The van der Waals surface area contributed by atoms with Gasteiger partial charge in [0.05, 0.1) is 18.7 Å². The lowest BCUT2D eigenvalue weighted by Crippen LogP contribution is -2.51. The minimum Gasteiger partial charge on any atom is -0.480 e. The van der Waals surface area contributed by atoms with Gasteiger partial charge in [-0.3, -0.25) is 9.69 Å². The molecule has 1 heterocycles. The lowest BCUT2D eigenvalue weighted by atomic mass is 9.89. The van der Waals surface area contributed by atoms with E-state index >= 15 is 0 Å². The number of carbonyl (C=O) groups is 1. The molecule has 0 aromatic rings. The Hall–Kier alpha value is -0.820. The first-order valence-corrected chi connectivity index (χ1v) is 6.32. The topological polar surface area (TPSA) is 49.8 Å². The summed E-state index contributed by atoms with van der Waals surface area (Å²) in [5.41, 5.74) is -0.467. The molecule has 0 aliphatic carbocycles. The van der Waals surface area contributed by atoms with Gasteiger partial charge in [0, 0.05) is 12.6 Å². The fourth-order valence-corrected chi connectivity index (χ4v) is 2.38. The second-order valence-electron chi connectivity index (χ2n) is 5.21. The molecule has 0 aromatic heterocycles. The summed E-state index contributed by atoms with van der Waals surface area (Å²) < 4.78 is 43.1. The van der Waals surface area contributed by atoms with Gasteiger partial charge in [0.1, 0.15) is 0 Å². The lowest BCUT2D eigenvalue weighted by molar-refractivity contribution is -0.169. The van der Waals surface area contributed by atoms with Crippen molar-refractivity contribution in [2.75, 3.05) is 19.7 Å². The van der Waals surface area contributed by atoms with E-state index < -0.39 is 36.9 Å². The second-order valence-corrected chi connectivity index (χ2v) is 5.21. The molecule has 1 N–H and O–H groups in total. The third kappa shape index (κ3) is 5.36. The monoisotopic (exact) mass is 283 g/mol. The molecule has 7 heteroatoms. The molecule has 0 bridgehead atoms. The molecule has 1 fully saturated rings. The molecule has 2 unspecified atom stereocenters. The molecule has 112 valence electrons. The van der Waals surface area contributed by atoms with E-state index in [1.807, 2.05) is 13.8 Å². The zero-order chi connectivity index (χ0) is 14.7. The van der Waals surface area contributed by atoms with Gasteiger partial charge in [-0.15, -0.1) is 0 Å². The summed E-state index contributed by atoms with van der Waals surface area (Å²) in [6.07, 6.45) is -2.85. The Bertz CT molecular complexity index is 322. The van der Waals surface area contributed by atoms with E-state index in [1.54, 1.807) is 0 Å². The van der Waals surface area contributed by atoms with Crippen LogP contribution < -0.4 is 0 Å². The number of nitrogens with zero attached hydrogens (tertiary/aromatic N) is 1. The van der Waals surface area contributed by atoms with E-state index in [4.69, 9.17) is 9.84 Å². The molecule has 1 saturated heterocycles. The lowest BCUT2D eigenvalue weighted by Gasteiger charge is -2.42. The van der Waals surface area contributed by atoms with Crippen LogP contribution in [0.3, 0.4) is 0 Å². The van der Waals surface area contributed by atoms with Gasteiger partial charge in [-0.1, -0.05) is 6.92 Å². The molecule has 1 aliphatic heterocycles. The van der Waals surface area contributed by atoms with Gasteiger partial charge in [-0.05, 0) is 26.2 Å². The third-order valence-electron chi connectivity index (χ3n) is 3.55. The van der Waals surface area contributed by atoms with Crippen molar-refractivity contribution in [2.24, 2.45) is 0 Å². The van der Waals surface area contributed by atoms with Crippen LogP contribution in [0.15, 0.2) is 0 Å². The maximum Gasteiger partial charge on any atom is 0.401 e. The minimum atomic E-state index is -4.39. The van der Waals surface area contributed by atoms with Crippen LogP contribution in [0.2, 0.25) is 0 Å². The predicted octanol–water partition coefficient (Wildman–Crippen LogP) is 2.28. The van der Waals surface area contributed by atoms with Gasteiger partial charge in [-0.25, -0.2) is 0 Å². The third-order valence-corrected chi connectivity index (χ3v) is 3.55. The van der Waals surface area contributed by atoms with Crippen molar-refractivity contribution in [3.8, 4) is 0 Å². The quantitative estimate of drug-likeness (QED) is 0.841.